The minimum absolute atomic E-state index is 0.0513. The first-order valence-corrected chi connectivity index (χ1v) is 6.11. The van der Waals surface area contributed by atoms with Gasteiger partial charge < -0.3 is 15.3 Å². The summed E-state index contributed by atoms with van der Waals surface area (Å²) in [5.41, 5.74) is 0. The lowest BCUT2D eigenvalue weighted by molar-refractivity contribution is -0.137. The first-order chi connectivity index (χ1) is 9.00. The van der Waals surface area contributed by atoms with Crippen molar-refractivity contribution in [3.8, 4) is 0 Å². The molecule has 0 aliphatic carbocycles. The fourth-order valence-corrected chi connectivity index (χ4v) is 1.55. The van der Waals surface area contributed by atoms with E-state index in [0.717, 1.165) is 0 Å². The molecule has 8 nitrogen and oxygen atoms in total. The summed E-state index contributed by atoms with van der Waals surface area (Å²) in [6.45, 7) is 4.31. The van der Waals surface area contributed by atoms with Crippen molar-refractivity contribution < 1.29 is 14.7 Å². The molecule has 1 aromatic heterocycles. The molecule has 0 aliphatic rings. The van der Waals surface area contributed by atoms with Gasteiger partial charge in [0.1, 0.15) is 12.2 Å². The van der Waals surface area contributed by atoms with Crippen LogP contribution in [0, 0.1) is 0 Å². The molecule has 0 aromatic carbocycles. The molecule has 2 amide bonds. The van der Waals surface area contributed by atoms with Gasteiger partial charge in [0.2, 0.25) is 0 Å². The summed E-state index contributed by atoms with van der Waals surface area (Å²) in [7, 11) is 0. The number of hydrogen-bond donors (Lipinski definition) is 3. The second kappa shape index (κ2) is 7.34. The van der Waals surface area contributed by atoms with Crippen LogP contribution in [0.2, 0.25) is 0 Å². The van der Waals surface area contributed by atoms with E-state index in [9.17, 15) is 9.59 Å². The number of rotatable bonds is 7. The molecule has 0 unspecified atom stereocenters. The molecule has 106 valence electrons. The van der Waals surface area contributed by atoms with Crippen LogP contribution in [0.5, 0.6) is 0 Å². The van der Waals surface area contributed by atoms with Crippen molar-refractivity contribution in [2.24, 2.45) is 0 Å². The standard InChI is InChI=1S/C11H19N5O3/c1-8(2)16(6-4-10(17)18)11(19)12-5-3-9-13-7-14-15-9/h7-8H,3-6H2,1-2H3,(H,12,19)(H,17,18)(H,13,14,15). The van der Waals surface area contributed by atoms with Crippen LogP contribution >= 0.6 is 0 Å². The number of aromatic amines is 1. The van der Waals surface area contributed by atoms with E-state index in [-0.39, 0.29) is 25.0 Å². The number of aromatic nitrogens is 3. The van der Waals surface area contributed by atoms with Gasteiger partial charge in [-0.25, -0.2) is 9.78 Å². The molecule has 0 atom stereocenters. The Morgan fingerprint density at radius 3 is 2.79 bits per heavy atom. The Hall–Kier alpha value is -2.12. The van der Waals surface area contributed by atoms with Crippen LogP contribution in [0.4, 0.5) is 4.79 Å². The van der Waals surface area contributed by atoms with E-state index in [1.807, 2.05) is 13.8 Å². The lowest BCUT2D eigenvalue weighted by atomic mass is 10.3. The zero-order valence-corrected chi connectivity index (χ0v) is 11.1. The highest BCUT2D eigenvalue weighted by Crippen LogP contribution is 2.00. The molecule has 0 aliphatic heterocycles. The average Bonchev–Trinajstić information content (AvgIpc) is 2.81. The maximum Gasteiger partial charge on any atom is 0.317 e. The zero-order chi connectivity index (χ0) is 14.3. The van der Waals surface area contributed by atoms with Crippen LogP contribution in [0.25, 0.3) is 0 Å². The molecule has 8 heteroatoms. The molecule has 19 heavy (non-hydrogen) atoms. The summed E-state index contributed by atoms with van der Waals surface area (Å²) in [5, 5.41) is 17.8. The fraction of sp³-hybridized carbons (Fsp3) is 0.636. The first-order valence-electron chi connectivity index (χ1n) is 6.11. The lowest BCUT2D eigenvalue weighted by Crippen LogP contribution is -2.45. The molecular weight excluding hydrogens is 250 g/mol. The number of carbonyl (C=O) groups is 2. The molecule has 3 N–H and O–H groups in total. The number of hydrogen-bond acceptors (Lipinski definition) is 4. The molecule has 0 fully saturated rings. The smallest absolute Gasteiger partial charge is 0.317 e. The second-order valence-corrected chi connectivity index (χ2v) is 4.34. The van der Waals surface area contributed by atoms with Crippen LogP contribution in [0.3, 0.4) is 0 Å². The normalized spacial score (nSPS) is 10.5. The van der Waals surface area contributed by atoms with Gasteiger partial charge in [-0.05, 0) is 13.8 Å². The number of carboxylic acid groups (broad SMARTS) is 1. The van der Waals surface area contributed by atoms with Crippen molar-refractivity contribution in [2.75, 3.05) is 13.1 Å². The van der Waals surface area contributed by atoms with E-state index in [4.69, 9.17) is 5.11 Å². The quantitative estimate of drug-likeness (QED) is 0.656. The van der Waals surface area contributed by atoms with E-state index in [1.165, 1.54) is 11.2 Å². The lowest BCUT2D eigenvalue weighted by Gasteiger charge is -2.26. The number of H-pyrrole nitrogens is 1. The number of urea groups is 1. The molecule has 0 saturated carbocycles. The molecule has 0 bridgehead atoms. The Kier molecular flexibility index (Phi) is 5.77. The topological polar surface area (TPSA) is 111 Å². The predicted octanol–water partition coefficient (Wildman–Crippen LogP) is 0.242. The van der Waals surface area contributed by atoms with E-state index in [0.29, 0.717) is 18.8 Å². The minimum Gasteiger partial charge on any atom is -0.481 e. The summed E-state index contributed by atoms with van der Waals surface area (Å²) in [4.78, 5) is 27.9. The number of carbonyl (C=O) groups excluding carboxylic acids is 1. The SMILES string of the molecule is CC(C)N(CCC(=O)O)C(=O)NCCc1ncn[nH]1. The van der Waals surface area contributed by atoms with Crippen molar-refractivity contribution in [1.29, 1.82) is 0 Å². The van der Waals surface area contributed by atoms with Gasteiger partial charge in [0.05, 0.1) is 6.42 Å². The van der Waals surface area contributed by atoms with E-state index >= 15 is 0 Å². The number of nitrogens with one attached hydrogen (secondary N) is 2. The Morgan fingerprint density at radius 2 is 2.26 bits per heavy atom. The molecule has 0 radical (unpaired) electrons. The number of aliphatic carboxylic acids is 1. The summed E-state index contributed by atoms with van der Waals surface area (Å²) in [6.07, 6.45) is 1.90. The third-order valence-corrected chi connectivity index (χ3v) is 2.55. The van der Waals surface area contributed by atoms with Gasteiger partial charge in [0, 0.05) is 25.6 Å². The van der Waals surface area contributed by atoms with Gasteiger partial charge in [0.25, 0.3) is 0 Å². The third kappa shape index (κ3) is 5.36. The van der Waals surface area contributed by atoms with Gasteiger partial charge >= 0.3 is 12.0 Å². The first kappa shape index (κ1) is 14.9. The van der Waals surface area contributed by atoms with Gasteiger partial charge in [-0.3, -0.25) is 9.89 Å². The molecular formula is C11H19N5O3. The van der Waals surface area contributed by atoms with Crippen LogP contribution in [0.1, 0.15) is 26.1 Å². The van der Waals surface area contributed by atoms with Crippen LogP contribution < -0.4 is 5.32 Å². The predicted molar refractivity (Wildman–Crippen MR) is 67.6 cm³/mol. The summed E-state index contributed by atoms with van der Waals surface area (Å²) in [5.74, 6) is -0.220. The summed E-state index contributed by atoms with van der Waals surface area (Å²) >= 11 is 0. The Morgan fingerprint density at radius 1 is 1.53 bits per heavy atom. The summed E-state index contributed by atoms with van der Waals surface area (Å²) in [6, 6.07) is -0.319. The molecule has 1 aromatic rings. The monoisotopic (exact) mass is 269 g/mol. The van der Waals surface area contributed by atoms with Crippen molar-refractivity contribution in [3.05, 3.63) is 12.2 Å². The molecule has 1 heterocycles. The maximum absolute atomic E-state index is 11.9. The Balaban J connectivity index is 2.36. The number of nitrogens with zero attached hydrogens (tertiary/aromatic N) is 3. The maximum atomic E-state index is 11.9. The molecule has 0 saturated heterocycles. The van der Waals surface area contributed by atoms with Gasteiger partial charge in [0.15, 0.2) is 0 Å². The highest BCUT2D eigenvalue weighted by atomic mass is 16.4. The third-order valence-electron chi connectivity index (χ3n) is 2.55. The van der Waals surface area contributed by atoms with E-state index in [1.54, 1.807) is 0 Å². The van der Waals surface area contributed by atoms with Gasteiger partial charge in [-0.1, -0.05) is 0 Å². The van der Waals surface area contributed by atoms with Crippen molar-refractivity contribution in [2.45, 2.75) is 32.7 Å². The van der Waals surface area contributed by atoms with Crippen molar-refractivity contribution in [1.82, 2.24) is 25.4 Å². The largest absolute Gasteiger partial charge is 0.481 e. The zero-order valence-electron chi connectivity index (χ0n) is 11.1. The Labute approximate surface area is 111 Å². The second-order valence-electron chi connectivity index (χ2n) is 4.34. The number of amides is 2. The molecule has 1 rings (SSSR count). The molecule has 0 spiro atoms. The Bertz CT molecular complexity index is 404. The van der Waals surface area contributed by atoms with E-state index in [2.05, 4.69) is 20.5 Å². The van der Waals surface area contributed by atoms with Crippen LogP contribution in [0.15, 0.2) is 6.33 Å². The van der Waals surface area contributed by atoms with Crippen molar-refractivity contribution in [3.63, 3.8) is 0 Å². The fourth-order valence-electron chi connectivity index (χ4n) is 1.55. The highest BCUT2D eigenvalue weighted by molar-refractivity contribution is 5.75. The van der Waals surface area contributed by atoms with Crippen LogP contribution in [-0.2, 0) is 11.2 Å². The minimum atomic E-state index is -0.917. The van der Waals surface area contributed by atoms with Gasteiger partial charge in [-0.2, -0.15) is 5.10 Å². The number of carboxylic acids is 1. The highest BCUT2D eigenvalue weighted by Gasteiger charge is 2.17. The van der Waals surface area contributed by atoms with E-state index < -0.39 is 5.97 Å². The van der Waals surface area contributed by atoms with Crippen LogP contribution in [-0.4, -0.2) is 56.3 Å². The average molecular weight is 269 g/mol. The van der Waals surface area contributed by atoms with Crippen molar-refractivity contribution >= 4 is 12.0 Å². The summed E-state index contributed by atoms with van der Waals surface area (Å²) < 4.78 is 0. The van der Waals surface area contributed by atoms with Gasteiger partial charge in [-0.15, -0.1) is 0 Å².